The number of hydrogen-bond acceptors (Lipinski definition) is 5. The lowest BCUT2D eigenvalue weighted by Crippen LogP contribution is -2.52. The standard InChI is InChI=1S/C17H24N6O2/c1-3-18-16(24)19-17(10-5-4-6-11-17)15-20-21-22-23(15)13-8-7-9-14(12-13)25-2/h7-9,12H,3-6,10-11H2,1-2H3,(H2,18,19,24). The van der Waals surface area contributed by atoms with Crippen molar-refractivity contribution in [2.75, 3.05) is 13.7 Å². The van der Waals surface area contributed by atoms with Crippen molar-refractivity contribution in [1.29, 1.82) is 0 Å². The molecule has 0 atom stereocenters. The first-order valence-electron chi connectivity index (χ1n) is 8.68. The molecule has 1 saturated carbocycles. The van der Waals surface area contributed by atoms with Crippen molar-refractivity contribution in [2.45, 2.75) is 44.6 Å². The summed E-state index contributed by atoms with van der Waals surface area (Å²) < 4.78 is 6.99. The smallest absolute Gasteiger partial charge is 0.315 e. The molecule has 8 nitrogen and oxygen atoms in total. The molecule has 8 heteroatoms. The first-order chi connectivity index (χ1) is 12.2. The van der Waals surface area contributed by atoms with Crippen molar-refractivity contribution in [3.8, 4) is 11.4 Å². The predicted molar refractivity (Wildman–Crippen MR) is 92.7 cm³/mol. The van der Waals surface area contributed by atoms with Gasteiger partial charge in [0.25, 0.3) is 0 Å². The van der Waals surface area contributed by atoms with Crippen LogP contribution in [0.15, 0.2) is 24.3 Å². The second-order valence-corrected chi connectivity index (χ2v) is 6.24. The zero-order valence-corrected chi connectivity index (χ0v) is 14.7. The van der Waals surface area contributed by atoms with Crippen LogP contribution in [0.4, 0.5) is 4.79 Å². The minimum atomic E-state index is -0.565. The second-order valence-electron chi connectivity index (χ2n) is 6.24. The number of benzene rings is 1. The molecule has 1 fully saturated rings. The van der Waals surface area contributed by atoms with Crippen molar-refractivity contribution in [1.82, 2.24) is 30.8 Å². The molecule has 1 aliphatic carbocycles. The molecule has 0 radical (unpaired) electrons. The molecule has 2 aromatic rings. The van der Waals surface area contributed by atoms with Crippen LogP contribution in [-0.2, 0) is 5.54 Å². The van der Waals surface area contributed by atoms with E-state index in [9.17, 15) is 4.79 Å². The highest BCUT2D eigenvalue weighted by Gasteiger charge is 2.40. The maximum Gasteiger partial charge on any atom is 0.315 e. The minimum absolute atomic E-state index is 0.190. The number of nitrogens with one attached hydrogen (secondary N) is 2. The third-order valence-corrected chi connectivity index (χ3v) is 4.59. The maximum atomic E-state index is 12.2. The second kappa shape index (κ2) is 7.50. The minimum Gasteiger partial charge on any atom is -0.497 e. The highest BCUT2D eigenvalue weighted by Crippen LogP contribution is 2.36. The number of nitrogens with zero attached hydrogens (tertiary/aromatic N) is 4. The zero-order valence-electron chi connectivity index (χ0n) is 14.7. The van der Waals surface area contributed by atoms with Gasteiger partial charge < -0.3 is 15.4 Å². The Morgan fingerprint density at radius 1 is 1.32 bits per heavy atom. The van der Waals surface area contributed by atoms with Crippen LogP contribution in [0, 0.1) is 0 Å². The van der Waals surface area contributed by atoms with Crippen molar-refractivity contribution in [3.05, 3.63) is 30.1 Å². The van der Waals surface area contributed by atoms with E-state index in [1.165, 1.54) is 0 Å². The number of methoxy groups -OCH3 is 1. The van der Waals surface area contributed by atoms with E-state index in [4.69, 9.17) is 4.74 Å². The molecule has 134 valence electrons. The molecule has 1 aromatic carbocycles. The molecule has 25 heavy (non-hydrogen) atoms. The number of tetrazole rings is 1. The van der Waals surface area contributed by atoms with Gasteiger partial charge in [-0.25, -0.2) is 4.79 Å². The van der Waals surface area contributed by atoms with Crippen LogP contribution < -0.4 is 15.4 Å². The number of carbonyl (C=O) groups is 1. The van der Waals surface area contributed by atoms with E-state index in [0.717, 1.165) is 43.5 Å². The molecule has 0 aliphatic heterocycles. The summed E-state index contributed by atoms with van der Waals surface area (Å²) >= 11 is 0. The summed E-state index contributed by atoms with van der Waals surface area (Å²) in [6.07, 6.45) is 4.83. The van der Waals surface area contributed by atoms with Gasteiger partial charge >= 0.3 is 6.03 Å². The monoisotopic (exact) mass is 344 g/mol. The topological polar surface area (TPSA) is 94.0 Å². The number of urea groups is 1. The van der Waals surface area contributed by atoms with Crippen molar-refractivity contribution >= 4 is 6.03 Å². The SMILES string of the molecule is CCNC(=O)NC1(c2nnnn2-c2cccc(OC)c2)CCCCC1. The summed E-state index contributed by atoms with van der Waals surface area (Å²) in [7, 11) is 1.62. The third kappa shape index (κ3) is 3.57. The van der Waals surface area contributed by atoms with Crippen LogP contribution in [0.1, 0.15) is 44.9 Å². The fourth-order valence-corrected chi connectivity index (χ4v) is 3.38. The summed E-state index contributed by atoms with van der Waals surface area (Å²) in [5.41, 5.74) is 0.242. The van der Waals surface area contributed by atoms with Crippen LogP contribution >= 0.6 is 0 Å². The Bertz CT molecular complexity index is 723. The molecule has 2 N–H and O–H groups in total. The fourth-order valence-electron chi connectivity index (χ4n) is 3.38. The maximum absolute atomic E-state index is 12.2. The van der Waals surface area contributed by atoms with Gasteiger partial charge in [0.1, 0.15) is 11.3 Å². The Morgan fingerprint density at radius 2 is 2.12 bits per heavy atom. The lowest BCUT2D eigenvalue weighted by atomic mass is 9.81. The molecule has 1 aliphatic rings. The lowest BCUT2D eigenvalue weighted by Gasteiger charge is -2.36. The Balaban J connectivity index is 1.99. The van der Waals surface area contributed by atoms with Crippen LogP contribution in [-0.4, -0.2) is 39.9 Å². The Morgan fingerprint density at radius 3 is 2.84 bits per heavy atom. The zero-order chi connectivity index (χ0) is 17.7. The quantitative estimate of drug-likeness (QED) is 0.867. The molecular formula is C17H24N6O2. The molecule has 0 saturated heterocycles. The predicted octanol–water partition coefficient (Wildman–Crippen LogP) is 2.15. The number of amides is 2. The first-order valence-corrected chi connectivity index (χ1v) is 8.68. The normalized spacial score (nSPS) is 16.2. The average molecular weight is 344 g/mol. The van der Waals surface area contributed by atoms with Gasteiger partial charge in [0.15, 0.2) is 5.82 Å². The molecule has 1 aromatic heterocycles. The summed E-state index contributed by atoms with van der Waals surface area (Å²) in [5, 5.41) is 18.3. The Hall–Kier alpha value is -2.64. The van der Waals surface area contributed by atoms with Gasteiger partial charge in [-0.1, -0.05) is 25.3 Å². The van der Waals surface area contributed by atoms with Crippen molar-refractivity contribution < 1.29 is 9.53 Å². The summed E-state index contributed by atoms with van der Waals surface area (Å²) in [6.45, 7) is 2.47. The largest absolute Gasteiger partial charge is 0.497 e. The van der Waals surface area contributed by atoms with Gasteiger partial charge in [0.05, 0.1) is 12.8 Å². The van der Waals surface area contributed by atoms with Gasteiger partial charge in [-0.2, -0.15) is 4.68 Å². The van der Waals surface area contributed by atoms with E-state index >= 15 is 0 Å². The Kier molecular flexibility index (Phi) is 5.16. The van der Waals surface area contributed by atoms with Crippen LogP contribution in [0.5, 0.6) is 5.75 Å². The van der Waals surface area contributed by atoms with E-state index in [0.29, 0.717) is 12.4 Å². The van der Waals surface area contributed by atoms with Gasteiger partial charge in [0, 0.05) is 12.6 Å². The van der Waals surface area contributed by atoms with Gasteiger partial charge in [-0.05, 0) is 42.3 Å². The number of ether oxygens (including phenoxy) is 1. The molecule has 0 unspecified atom stereocenters. The number of aromatic nitrogens is 4. The van der Waals surface area contributed by atoms with Crippen molar-refractivity contribution in [2.24, 2.45) is 0 Å². The Labute approximate surface area is 146 Å². The number of hydrogen-bond donors (Lipinski definition) is 2. The molecular weight excluding hydrogens is 320 g/mol. The van der Waals surface area contributed by atoms with E-state index in [1.807, 2.05) is 31.2 Å². The molecule has 0 bridgehead atoms. The summed E-state index contributed by atoms with van der Waals surface area (Å²) in [5.74, 6) is 1.39. The van der Waals surface area contributed by atoms with E-state index < -0.39 is 5.54 Å². The number of rotatable bonds is 5. The van der Waals surface area contributed by atoms with Gasteiger partial charge in [0.2, 0.25) is 0 Å². The van der Waals surface area contributed by atoms with E-state index in [-0.39, 0.29) is 6.03 Å². The summed E-state index contributed by atoms with van der Waals surface area (Å²) in [4.78, 5) is 12.2. The molecule has 0 spiro atoms. The average Bonchev–Trinajstić information content (AvgIpc) is 3.13. The van der Waals surface area contributed by atoms with E-state index in [1.54, 1.807) is 11.8 Å². The number of carbonyl (C=O) groups excluding carboxylic acids is 1. The van der Waals surface area contributed by atoms with Gasteiger partial charge in [-0.3, -0.25) is 0 Å². The lowest BCUT2D eigenvalue weighted by molar-refractivity contribution is 0.195. The van der Waals surface area contributed by atoms with Crippen LogP contribution in [0.2, 0.25) is 0 Å². The van der Waals surface area contributed by atoms with E-state index in [2.05, 4.69) is 26.2 Å². The first kappa shape index (κ1) is 17.2. The van der Waals surface area contributed by atoms with Crippen LogP contribution in [0.3, 0.4) is 0 Å². The third-order valence-electron chi connectivity index (χ3n) is 4.59. The van der Waals surface area contributed by atoms with Crippen LogP contribution in [0.25, 0.3) is 5.69 Å². The van der Waals surface area contributed by atoms with Crippen molar-refractivity contribution in [3.63, 3.8) is 0 Å². The summed E-state index contributed by atoms with van der Waals surface area (Å²) in [6, 6.07) is 7.37. The highest BCUT2D eigenvalue weighted by atomic mass is 16.5. The molecule has 1 heterocycles. The fraction of sp³-hybridized carbons (Fsp3) is 0.529. The van der Waals surface area contributed by atoms with Gasteiger partial charge in [-0.15, -0.1) is 5.10 Å². The molecule has 2 amide bonds. The highest BCUT2D eigenvalue weighted by molar-refractivity contribution is 5.74. The molecule has 3 rings (SSSR count).